The van der Waals surface area contributed by atoms with Gasteiger partial charge in [-0.1, -0.05) is 0 Å². The van der Waals surface area contributed by atoms with Gasteiger partial charge in [-0.3, -0.25) is 14.6 Å². The summed E-state index contributed by atoms with van der Waals surface area (Å²) in [6, 6.07) is 6.30. The number of aromatic amines is 1. The van der Waals surface area contributed by atoms with Crippen LogP contribution in [0.15, 0.2) is 24.3 Å². The first-order valence-corrected chi connectivity index (χ1v) is 6.79. The predicted molar refractivity (Wildman–Crippen MR) is 73.2 cm³/mol. The Morgan fingerprint density at radius 2 is 1.89 bits per heavy atom. The maximum absolute atomic E-state index is 13.0. The summed E-state index contributed by atoms with van der Waals surface area (Å²) in [6.45, 7) is 2.97. The summed E-state index contributed by atoms with van der Waals surface area (Å²) < 4.78 is 15.4. The van der Waals surface area contributed by atoms with Gasteiger partial charge in [0.1, 0.15) is 11.6 Å². The van der Waals surface area contributed by atoms with Crippen molar-refractivity contribution in [2.75, 3.05) is 13.1 Å². The number of hydrogen-bond acceptors (Lipinski definition) is 3. The molecular weight excluding hydrogens is 263 g/mol. The normalized spacial score (nSPS) is 16.1. The molecule has 19 heavy (non-hydrogen) atoms. The summed E-state index contributed by atoms with van der Waals surface area (Å²) in [5, 5.41) is 7.11. The molecule has 0 amide bonds. The van der Waals surface area contributed by atoms with Crippen molar-refractivity contribution in [3.8, 4) is 5.69 Å². The minimum absolute atomic E-state index is 0.250. The van der Waals surface area contributed by atoms with Crippen molar-refractivity contribution >= 4 is 12.2 Å². The molecule has 0 saturated carbocycles. The smallest absolute Gasteiger partial charge is 0.199 e. The number of hydrogen-bond donors (Lipinski definition) is 1. The van der Waals surface area contributed by atoms with E-state index in [1.165, 1.54) is 25.0 Å². The lowest BCUT2D eigenvalue weighted by Crippen LogP contribution is -2.21. The average Bonchev–Trinajstić information content (AvgIpc) is 3.02. The van der Waals surface area contributed by atoms with Crippen LogP contribution in [0.4, 0.5) is 4.39 Å². The SMILES string of the molecule is Fc1ccc(-n2c(CN3CCCC3)n[nH]c2=S)cc1. The summed E-state index contributed by atoms with van der Waals surface area (Å²) in [4.78, 5) is 2.35. The average molecular weight is 278 g/mol. The molecule has 0 radical (unpaired) electrons. The van der Waals surface area contributed by atoms with Crippen molar-refractivity contribution in [1.82, 2.24) is 19.7 Å². The zero-order chi connectivity index (χ0) is 13.2. The van der Waals surface area contributed by atoms with E-state index >= 15 is 0 Å². The molecule has 2 heterocycles. The van der Waals surface area contributed by atoms with Gasteiger partial charge in [0.2, 0.25) is 0 Å². The van der Waals surface area contributed by atoms with Gasteiger partial charge in [0.05, 0.1) is 6.54 Å². The van der Waals surface area contributed by atoms with E-state index < -0.39 is 0 Å². The highest BCUT2D eigenvalue weighted by atomic mass is 32.1. The molecule has 1 aliphatic rings. The lowest BCUT2D eigenvalue weighted by Gasteiger charge is -2.14. The molecule has 0 spiro atoms. The van der Waals surface area contributed by atoms with E-state index in [1.807, 2.05) is 4.57 Å². The maximum atomic E-state index is 13.0. The highest BCUT2D eigenvalue weighted by Crippen LogP contribution is 2.16. The van der Waals surface area contributed by atoms with Gasteiger partial charge in [-0.25, -0.2) is 4.39 Å². The van der Waals surface area contributed by atoms with Gasteiger partial charge in [-0.05, 0) is 62.4 Å². The molecule has 1 aromatic carbocycles. The van der Waals surface area contributed by atoms with Gasteiger partial charge >= 0.3 is 0 Å². The molecule has 1 aliphatic heterocycles. The van der Waals surface area contributed by atoms with Crippen molar-refractivity contribution in [2.45, 2.75) is 19.4 Å². The Balaban J connectivity index is 1.93. The van der Waals surface area contributed by atoms with E-state index in [2.05, 4.69) is 15.1 Å². The second-order valence-corrected chi connectivity index (χ2v) is 5.13. The van der Waals surface area contributed by atoms with Crippen LogP contribution in [0, 0.1) is 10.6 Å². The molecule has 1 aromatic heterocycles. The number of likely N-dealkylation sites (tertiary alicyclic amines) is 1. The van der Waals surface area contributed by atoms with Crippen LogP contribution in [0.25, 0.3) is 5.69 Å². The molecule has 100 valence electrons. The largest absolute Gasteiger partial charge is 0.296 e. The molecule has 4 nitrogen and oxygen atoms in total. The molecule has 2 aromatic rings. The molecule has 1 fully saturated rings. The topological polar surface area (TPSA) is 36.9 Å². The first kappa shape index (κ1) is 12.5. The zero-order valence-corrected chi connectivity index (χ0v) is 11.3. The predicted octanol–water partition coefficient (Wildman–Crippen LogP) is 2.66. The molecular formula is C13H15FN4S. The number of H-pyrrole nitrogens is 1. The summed E-state index contributed by atoms with van der Waals surface area (Å²) in [5.41, 5.74) is 0.842. The summed E-state index contributed by atoms with van der Waals surface area (Å²) >= 11 is 5.26. The standard InChI is InChI=1S/C13H15FN4S/c14-10-3-5-11(6-4-10)18-12(15-16-13(18)19)9-17-7-1-2-8-17/h3-6H,1-2,7-9H2,(H,16,19). The Labute approximate surface area is 115 Å². The van der Waals surface area contributed by atoms with Crippen molar-refractivity contribution in [2.24, 2.45) is 0 Å². The molecule has 1 saturated heterocycles. The zero-order valence-electron chi connectivity index (χ0n) is 10.5. The van der Waals surface area contributed by atoms with Gasteiger partial charge in [0.25, 0.3) is 0 Å². The van der Waals surface area contributed by atoms with E-state index in [4.69, 9.17) is 12.2 Å². The Morgan fingerprint density at radius 3 is 2.58 bits per heavy atom. The third-order valence-electron chi connectivity index (χ3n) is 3.39. The molecule has 0 aliphatic carbocycles. The van der Waals surface area contributed by atoms with E-state index in [0.717, 1.165) is 31.1 Å². The second-order valence-electron chi connectivity index (χ2n) is 4.74. The number of halogens is 1. The summed E-state index contributed by atoms with van der Waals surface area (Å²) in [6.07, 6.45) is 2.48. The first-order valence-electron chi connectivity index (χ1n) is 6.38. The number of nitrogens with zero attached hydrogens (tertiary/aromatic N) is 3. The van der Waals surface area contributed by atoms with Crippen LogP contribution in [0.2, 0.25) is 0 Å². The number of nitrogens with one attached hydrogen (secondary N) is 1. The van der Waals surface area contributed by atoms with E-state index in [1.54, 1.807) is 12.1 Å². The molecule has 6 heteroatoms. The van der Waals surface area contributed by atoms with E-state index in [0.29, 0.717) is 4.77 Å². The van der Waals surface area contributed by atoms with Crippen LogP contribution in [0.3, 0.4) is 0 Å². The van der Waals surface area contributed by atoms with Crippen molar-refractivity contribution < 1.29 is 4.39 Å². The fraction of sp³-hybridized carbons (Fsp3) is 0.385. The Hall–Kier alpha value is -1.53. The highest BCUT2D eigenvalue weighted by Gasteiger charge is 2.16. The molecule has 0 unspecified atom stereocenters. The van der Waals surface area contributed by atoms with Crippen molar-refractivity contribution in [3.63, 3.8) is 0 Å². The molecule has 0 bridgehead atoms. The van der Waals surface area contributed by atoms with Gasteiger partial charge in [0, 0.05) is 5.69 Å². The Bertz CT molecular complexity index is 610. The van der Waals surface area contributed by atoms with Crippen LogP contribution in [0.1, 0.15) is 18.7 Å². The lowest BCUT2D eigenvalue weighted by molar-refractivity contribution is 0.320. The van der Waals surface area contributed by atoms with Crippen LogP contribution >= 0.6 is 12.2 Å². The van der Waals surface area contributed by atoms with E-state index in [9.17, 15) is 4.39 Å². The molecule has 1 N–H and O–H groups in total. The van der Waals surface area contributed by atoms with Crippen LogP contribution < -0.4 is 0 Å². The third kappa shape index (κ3) is 2.59. The lowest BCUT2D eigenvalue weighted by atomic mass is 10.3. The number of aromatic nitrogens is 3. The van der Waals surface area contributed by atoms with Gasteiger partial charge < -0.3 is 0 Å². The molecule has 3 rings (SSSR count). The summed E-state index contributed by atoms with van der Waals surface area (Å²) in [7, 11) is 0. The third-order valence-corrected chi connectivity index (χ3v) is 3.66. The van der Waals surface area contributed by atoms with Gasteiger partial charge in [-0.15, -0.1) is 0 Å². The second kappa shape index (κ2) is 5.22. The highest BCUT2D eigenvalue weighted by molar-refractivity contribution is 7.71. The first-order chi connectivity index (χ1) is 9.24. The fourth-order valence-electron chi connectivity index (χ4n) is 2.43. The maximum Gasteiger partial charge on any atom is 0.199 e. The van der Waals surface area contributed by atoms with Gasteiger partial charge in [0.15, 0.2) is 4.77 Å². The van der Waals surface area contributed by atoms with Crippen molar-refractivity contribution in [3.05, 3.63) is 40.7 Å². The Kier molecular flexibility index (Phi) is 3.44. The van der Waals surface area contributed by atoms with Crippen molar-refractivity contribution in [1.29, 1.82) is 0 Å². The van der Waals surface area contributed by atoms with Crippen LogP contribution in [0.5, 0.6) is 0 Å². The minimum Gasteiger partial charge on any atom is -0.296 e. The van der Waals surface area contributed by atoms with Crippen LogP contribution in [-0.4, -0.2) is 32.8 Å². The number of rotatable bonds is 3. The monoisotopic (exact) mass is 278 g/mol. The fourth-order valence-corrected chi connectivity index (χ4v) is 2.69. The van der Waals surface area contributed by atoms with Crippen LogP contribution in [-0.2, 0) is 6.54 Å². The molecule has 0 atom stereocenters. The minimum atomic E-state index is -0.250. The summed E-state index contributed by atoms with van der Waals surface area (Å²) in [5.74, 6) is 0.623. The quantitative estimate of drug-likeness (QED) is 0.877. The Morgan fingerprint density at radius 1 is 1.21 bits per heavy atom. The van der Waals surface area contributed by atoms with Gasteiger partial charge in [-0.2, -0.15) is 5.10 Å². The number of benzene rings is 1. The van der Waals surface area contributed by atoms with E-state index in [-0.39, 0.29) is 5.82 Å².